The molecule has 1 N–H and O–H groups in total. The van der Waals surface area contributed by atoms with Gasteiger partial charge in [-0.05, 0) is 7.05 Å². The summed E-state index contributed by atoms with van der Waals surface area (Å²) in [4.78, 5) is 10.7. The van der Waals surface area contributed by atoms with Crippen molar-refractivity contribution in [1.82, 2.24) is 14.8 Å². The molecule has 0 unspecified atom stereocenters. The molecule has 0 aliphatic carbocycles. The van der Waals surface area contributed by atoms with Gasteiger partial charge in [-0.1, -0.05) is 20.8 Å². The molecule has 2 heterocycles. The summed E-state index contributed by atoms with van der Waals surface area (Å²) in [7, 11) is 2.18. The lowest BCUT2D eigenvalue weighted by Gasteiger charge is -2.32. The summed E-state index contributed by atoms with van der Waals surface area (Å²) in [6, 6.07) is 0. The van der Waals surface area contributed by atoms with Crippen molar-refractivity contribution in [2.45, 2.75) is 39.2 Å². The normalized spacial score (nSPS) is 18.6. The molecule has 1 aliphatic rings. The van der Waals surface area contributed by atoms with E-state index in [0.29, 0.717) is 0 Å². The standard InChI is InChI=1S/C15H27N3OS/c1-15(2,3)14-12(11-19)20-13(16-14)5-6-18-9-7-17(4)8-10-18/h19H,5-11H2,1-4H3. The number of aliphatic hydroxyl groups is 1. The number of hydrogen-bond donors (Lipinski definition) is 1. The van der Waals surface area contributed by atoms with Gasteiger partial charge >= 0.3 is 0 Å². The Kier molecular flexibility index (Phi) is 5.18. The number of thiazole rings is 1. The highest BCUT2D eigenvalue weighted by molar-refractivity contribution is 7.11. The minimum Gasteiger partial charge on any atom is -0.391 e. The van der Waals surface area contributed by atoms with Crippen molar-refractivity contribution in [1.29, 1.82) is 0 Å². The van der Waals surface area contributed by atoms with Crippen molar-refractivity contribution in [2.24, 2.45) is 0 Å². The third kappa shape index (κ3) is 4.01. The summed E-state index contributed by atoms with van der Waals surface area (Å²) in [6.45, 7) is 12.3. The van der Waals surface area contributed by atoms with Crippen LogP contribution >= 0.6 is 11.3 Å². The average Bonchev–Trinajstić information content (AvgIpc) is 2.81. The Morgan fingerprint density at radius 1 is 1.20 bits per heavy atom. The summed E-state index contributed by atoms with van der Waals surface area (Å²) >= 11 is 1.68. The van der Waals surface area contributed by atoms with Crippen LogP contribution in [0.25, 0.3) is 0 Å². The predicted molar refractivity (Wildman–Crippen MR) is 84.4 cm³/mol. The van der Waals surface area contributed by atoms with Gasteiger partial charge in [-0.2, -0.15) is 0 Å². The fraction of sp³-hybridized carbons (Fsp3) is 0.800. The molecular formula is C15H27N3OS. The van der Waals surface area contributed by atoms with E-state index in [-0.39, 0.29) is 12.0 Å². The van der Waals surface area contributed by atoms with E-state index in [1.165, 1.54) is 0 Å². The lowest BCUT2D eigenvalue weighted by molar-refractivity contribution is 0.155. The van der Waals surface area contributed by atoms with E-state index in [0.717, 1.165) is 54.7 Å². The molecule has 0 amide bonds. The molecule has 1 fully saturated rings. The Bertz CT molecular complexity index is 431. The second-order valence-corrected chi connectivity index (χ2v) is 7.85. The minimum absolute atomic E-state index is 0.0145. The highest BCUT2D eigenvalue weighted by Gasteiger charge is 2.23. The maximum atomic E-state index is 9.50. The zero-order chi connectivity index (χ0) is 14.8. The second kappa shape index (κ2) is 6.52. The zero-order valence-corrected chi connectivity index (χ0v) is 14.0. The van der Waals surface area contributed by atoms with Crippen molar-refractivity contribution >= 4 is 11.3 Å². The van der Waals surface area contributed by atoms with Gasteiger partial charge in [-0.15, -0.1) is 11.3 Å². The SMILES string of the molecule is CN1CCN(CCc2nc(C(C)(C)C)c(CO)s2)CC1. The fourth-order valence-electron chi connectivity index (χ4n) is 2.53. The molecule has 114 valence electrons. The molecule has 0 saturated carbocycles. The molecule has 0 spiro atoms. The topological polar surface area (TPSA) is 39.6 Å². The van der Waals surface area contributed by atoms with Crippen molar-refractivity contribution < 1.29 is 5.11 Å². The summed E-state index contributed by atoms with van der Waals surface area (Å²) < 4.78 is 0. The zero-order valence-electron chi connectivity index (χ0n) is 13.1. The molecule has 4 nitrogen and oxygen atoms in total. The number of piperazine rings is 1. The summed E-state index contributed by atoms with van der Waals surface area (Å²) in [5.41, 5.74) is 1.08. The van der Waals surface area contributed by atoms with E-state index < -0.39 is 0 Å². The van der Waals surface area contributed by atoms with Crippen LogP contribution in [-0.2, 0) is 18.4 Å². The molecule has 0 atom stereocenters. The van der Waals surface area contributed by atoms with Gasteiger partial charge in [0.2, 0.25) is 0 Å². The van der Waals surface area contributed by atoms with Gasteiger partial charge in [-0.3, -0.25) is 0 Å². The Balaban J connectivity index is 1.95. The molecule has 20 heavy (non-hydrogen) atoms. The van der Waals surface area contributed by atoms with Crippen molar-refractivity contribution in [3.63, 3.8) is 0 Å². The summed E-state index contributed by atoms with van der Waals surface area (Å²) in [6.07, 6.45) is 0.997. The van der Waals surface area contributed by atoms with E-state index in [1.807, 2.05) is 0 Å². The third-order valence-corrected chi connectivity index (χ3v) is 4.93. The van der Waals surface area contributed by atoms with Gasteiger partial charge in [0.15, 0.2) is 0 Å². The lowest BCUT2D eigenvalue weighted by Crippen LogP contribution is -2.45. The third-order valence-electron chi connectivity index (χ3n) is 3.83. The maximum absolute atomic E-state index is 9.50. The first-order valence-corrected chi connectivity index (χ1v) is 8.22. The molecule has 0 bridgehead atoms. The van der Waals surface area contributed by atoms with Gasteiger partial charge in [-0.25, -0.2) is 4.98 Å². The van der Waals surface area contributed by atoms with Crippen LogP contribution < -0.4 is 0 Å². The first-order valence-electron chi connectivity index (χ1n) is 7.41. The van der Waals surface area contributed by atoms with Crippen LogP contribution in [0.4, 0.5) is 0 Å². The van der Waals surface area contributed by atoms with Crippen LogP contribution in [0, 0.1) is 0 Å². The van der Waals surface area contributed by atoms with Crippen LogP contribution in [-0.4, -0.2) is 59.7 Å². The Hall–Kier alpha value is -0.490. The van der Waals surface area contributed by atoms with E-state index in [9.17, 15) is 5.11 Å². The van der Waals surface area contributed by atoms with E-state index >= 15 is 0 Å². The second-order valence-electron chi connectivity index (χ2n) is 6.68. The maximum Gasteiger partial charge on any atom is 0.0945 e. The van der Waals surface area contributed by atoms with E-state index in [1.54, 1.807) is 11.3 Å². The average molecular weight is 297 g/mol. The molecule has 1 saturated heterocycles. The van der Waals surface area contributed by atoms with Crippen LogP contribution in [0.1, 0.15) is 36.3 Å². The number of nitrogens with zero attached hydrogens (tertiary/aromatic N) is 3. The number of rotatable bonds is 4. The van der Waals surface area contributed by atoms with Crippen molar-refractivity contribution in [3.8, 4) is 0 Å². The summed E-state index contributed by atoms with van der Waals surface area (Å²) in [5.74, 6) is 0. The fourth-order valence-corrected chi connectivity index (χ4v) is 3.65. The molecule has 5 heteroatoms. The smallest absolute Gasteiger partial charge is 0.0945 e. The molecule has 1 aromatic heterocycles. The molecule has 1 aromatic rings. The van der Waals surface area contributed by atoms with Gasteiger partial charge < -0.3 is 14.9 Å². The summed E-state index contributed by atoms with van der Waals surface area (Å²) in [5, 5.41) is 10.7. The van der Waals surface area contributed by atoms with E-state index in [2.05, 4.69) is 37.6 Å². The number of likely N-dealkylation sites (N-methyl/N-ethyl adjacent to an activating group) is 1. The predicted octanol–water partition coefficient (Wildman–Crippen LogP) is 1.72. The number of aliphatic hydroxyl groups excluding tert-OH is 1. The molecule has 0 aromatic carbocycles. The lowest BCUT2D eigenvalue weighted by atomic mass is 9.91. The Morgan fingerprint density at radius 2 is 1.85 bits per heavy atom. The highest BCUT2D eigenvalue weighted by Crippen LogP contribution is 2.29. The Labute approximate surface area is 126 Å². The van der Waals surface area contributed by atoms with Crippen LogP contribution in [0.5, 0.6) is 0 Å². The molecule has 0 radical (unpaired) electrons. The molecular weight excluding hydrogens is 270 g/mol. The van der Waals surface area contributed by atoms with Crippen molar-refractivity contribution in [3.05, 3.63) is 15.6 Å². The van der Waals surface area contributed by atoms with Crippen LogP contribution in [0.15, 0.2) is 0 Å². The van der Waals surface area contributed by atoms with Gasteiger partial charge in [0.05, 0.1) is 22.2 Å². The first kappa shape index (κ1) is 15.9. The molecule has 2 rings (SSSR count). The van der Waals surface area contributed by atoms with Crippen LogP contribution in [0.3, 0.4) is 0 Å². The Morgan fingerprint density at radius 3 is 2.35 bits per heavy atom. The quantitative estimate of drug-likeness (QED) is 0.918. The number of aromatic nitrogens is 1. The highest BCUT2D eigenvalue weighted by atomic mass is 32.1. The largest absolute Gasteiger partial charge is 0.391 e. The number of hydrogen-bond acceptors (Lipinski definition) is 5. The van der Waals surface area contributed by atoms with E-state index in [4.69, 9.17) is 4.98 Å². The van der Waals surface area contributed by atoms with Gasteiger partial charge in [0.1, 0.15) is 0 Å². The van der Waals surface area contributed by atoms with Gasteiger partial charge in [0.25, 0.3) is 0 Å². The molecule has 1 aliphatic heterocycles. The monoisotopic (exact) mass is 297 g/mol. The first-order chi connectivity index (χ1) is 9.40. The minimum atomic E-state index is 0.0145. The van der Waals surface area contributed by atoms with Crippen LogP contribution in [0.2, 0.25) is 0 Å². The van der Waals surface area contributed by atoms with Gasteiger partial charge in [0, 0.05) is 44.6 Å². The van der Waals surface area contributed by atoms with Crippen molar-refractivity contribution in [2.75, 3.05) is 39.8 Å².